The van der Waals surface area contributed by atoms with Crippen LogP contribution in [0.2, 0.25) is 5.02 Å². The summed E-state index contributed by atoms with van der Waals surface area (Å²) in [5, 5.41) is 0.705. The first-order valence-electron chi connectivity index (χ1n) is 7.89. The van der Waals surface area contributed by atoms with E-state index in [9.17, 15) is 4.79 Å². The molecule has 1 heterocycles. The van der Waals surface area contributed by atoms with Gasteiger partial charge < -0.3 is 9.47 Å². The van der Waals surface area contributed by atoms with E-state index in [-0.39, 0.29) is 6.04 Å². The number of rotatable bonds is 6. The van der Waals surface area contributed by atoms with Gasteiger partial charge in [-0.1, -0.05) is 35.9 Å². The van der Waals surface area contributed by atoms with E-state index in [0.29, 0.717) is 18.2 Å². The van der Waals surface area contributed by atoms with Crippen LogP contribution in [0.4, 0.5) is 0 Å². The molecule has 1 aliphatic heterocycles. The molecule has 1 unspecified atom stereocenters. The Kier molecular flexibility index (Phi) is 5.51. The molecule has 3 rings (SSSR count). The fourth-order valence-corrected chi connectivity index (χ4v) is 3.12. The highest BCUT2D eigenvalue weighted by molar-refractivity contribution is 6.30. The number of methoxy groups -OCH3 is 1. The van der Waals surface area contributed by atoms with Crippen LogP contribution >= 0.6 is 11.6 Å². The molecule has 0 aromatic heterocycles. The van der Waals surface area contributed by atoms with Gasteiger partial charge in [0.2, 0.25) is 0 Å². The van der Waals surface area contributed by atoms with E-state index < -0.39 is 6.23 Å². The second-order valence-electron chi connectivity index (χ2n) is 5.87. The Balaban J connectivity index is 1.75. The second kappa shape index (κ2) is 7.79. The molecule has 2 atom stereocenters. The molecule has 24 heavy (non-hydrogen) atoms. The summed E-state index contributed by atoms with van der Waals surface area (Å²) in [6, 6.07) is 15.8. The Morgan fingerprint density at radius 3 is 2.75 bits per heavy atom. The summed E-state index contributed by atoms with van der Waals surface area (Å²) >= 11 is 5.94. The lowest BCUT2D eigenvalue weighted by molar-refractivity contribution is -0.122. The van der Waals surface area contributed by atoms with E-state index in [4.69, 9.17) is 21.1 Å². The smallest absolute Gasteiger partial charge is 0.167 e. The first-order valence-corrected chi connectivity index (χ1v) is 8.27. The molecule has 0 amide bonds. The zero-order valence-corrected chi connectivity index (χ0v) is 14.3. The monoisotopic (exact) mass is 345 g/mol. The number of halogens is 1. The van der Waals surface area contributed by atoms with Crippen LogP contribution in [0.1, 0.15) is 11.1 Å². The van der Waals surface area contributed by atoms with E-state index in [2.05, 4.69) is 11.0 Å². The van der Waals surface area contributed by atoms with Crippen LogP contribution in [0, 0.1) is 0 Å². The van der Waals surface area contributed by atoms with Crippen molar-refractivity contribution in [3.05, 3.63) is 64.7 Å². The Morgan fingerprint density at radius 1 is 1.25 bits per heavy atom. The van der Waals surface area contributed by atoms with Gasteiger partial charge in [0.25, 0.3) is 0 Å². The quantitative estimate of drug-likeness (QED) is 0.753. The second-order valence-corrected chi connectivity index (χ2v) is 6.30. The van der Waals surface area contributed by atoms with Crippen molar-refractivity contribution < 1.29 is 14.3 Å². The van der Waals surface area contributed by atoms with Gasteiger partial charge in [0, 0.05) is 17.6 Å². The van der Waals surface area contributed by atoms with Gasteiger partial charge in [-0.25, -0.2) is 0 Å². The number of carbonyl (C=O) groups excluding carboxylic acids is 1. The molecule has 126 valence electrons. The Labute approximate surface area is 146 Å². The molecule has 0 bridgehead atoms. The fraction of sp³-hybridized carbons (Fsp3) is 0.316. The van der Waals surface area contributed by atoms with Gasteiger partial charge in [0.05, 0.1) is 13.7 Å². The molecule has 4 nitrogen and oxygen atoms in total. The number of aldehydes is 1. The van der Waals surface area contributed by atoms with E-state index >= 15 is 0 Å². The molecular weight excluding hydrogens is 326 g/mol. The zero-order valence-electron chi connectivity index (χ0n) is 13.5. The Bertz CT molecular complexity index is 689. The van der Waals surface area contributed by atoms with Crippen LogP contribution in [0.25, 0.3) is 0 Å². The maximum atomic E-state index is 11.4. The van der Waals surface area contributed by atoms with Gasteiger partial charge in [0.1, 0.15) is 5.75 Å². The highest BCUT2D eigenvalue weighted by atomic mass is 35.5. The van der Waals surface area contributed by atoms with Gasteiger partial charge in [-0.05, 0) is 41.8 Å². The molecular formula is C19H20ClNO3. The van der Waals surface area contributed by atoms with Crippen molar-refractivity contribution >= 4 is 17.9 Å². The third kappa shape index (κ3) is 3.96. The average molecular weight is 346 g/mol. The molecule has 2 aromatic carbocycles. The SMILES string of the molecule is COc1cccc(C[C@H]2COC(C=O)N2Cc2ccc(Cl)cc2)c1. The van der Waals surface area contributed by atoms with Gasteiger partial charge in [-0.3, -0.25) is 9.69 Å². The number of benzene rings is 2. The molecule has 0 aliphatic carbocycles. The molecule has 0 saturated carbocycles. The molecule has 0 N–H and O–H groups in total. The number of ether oxygens (including phenoxy) is 2. The summed E-state index contributed by atoms with van der Waals surface area (Å²) in [4.78, 5) is 13.4. The molecule has 5 heteroatoms. The van der Waals surface area contributed by atoms with Crippen LogP contribution in [0.3, 0.4) is 0 Å². The van der Waals surface area contributed by atoms with Crippen LogP contribution in [-0.4, -0.2) is 37.2 Å². The lowest BCUT2D eigenvalue weighted by Crippen LogP contribution is -2.38. The minimum Gasteiger partial charge on any atom is -0.497 e. The van der Waals surface area contributed by atoms with Crippen molar-refractivity contribution in [2.45, 2.75) is 25.2 Å². The van der Waals surface area contributed by atoms with E-state index in [1.807, 2.05) is 42.5 Å². The third-order valence-electron chi connectivity index (χ3n) is 4.26. The van der Waals surface area contributed by atoms with Gasteiger partial charge in [-0.2, -0.15) is 0 Å². The minimum absolute atomic E-state index is 0.142. The summed E-state index contributed by atoms with van der Waals surface area (Å²) < 4.78 is 10.9. The number of hydrogen-bond donors (Lipinski definition) is 0. The van der Waals surface area contributed by atoms with Gasteiger partial charge in [-0.15, -0.1) is 0 Å². The minimum atomic E-state index is -0.503. The van der Waals surface area contributed by atoms with Crippen molar-refractivity contribution in [3.8, 4) is 5.75 Å². The third-order valence-corrected chi connectivity index (χ3v) is 4.51. The van der Waals surface area contributed by atoms with Crippen molar-refractivity contribution in [2.24, 2.45) is 0 Å². The summed E-state index contributed by atoms with van der Waals surface area (Å²) in [7, 11) is 1.66. The summed E-state index contributed by atoms with van der Waals surface area (Å²) in [5.41, 5.74) is 2.27. The highest BCUT2D eigenvalue weighted by Gasteiger charge is 2.34. The molecule has 2 aromatic rings. The van der Waals surface area contributed by atoms with Crippen molar-refractivity contribution in [2.75, 3.05) is 13.7 Å². The molecule has 1 aliphatic rings. The zero-order chi connectivity index (χ0) is 16.9. The predicted octanol–water partition coefficient (Wildman–Crippen LogP) is 3.32. The number of carbonyl (C=O) groups is 1. The van der Waals surface area contributed by atoms with Crippen LogP contribution in [0.15, 0.2) is 48.5 Å². The number of nitrogens with zero attached hydrogens (tertiary/aromatic N) is 1. The highest BCUT2D eigenvalue weighted by Crippen LogP contribution is 2.24. The van der Waals surface area contributed by atoms with Gasteiger partial charge >= 0.3 is 0 Å². The van der Waals surface area contributed by atoms with Crippen molar-refractivity contribution in [1.29, 1.82) is 0 Å². The molecule has 0 spiro atoms. The maximum Gasteiger partial charge on any atom is 0.167 e. The lowest BCUT2D eigenvalue weighted by Gasteiger charge is -2.25. The van der Waals surface area contributed by atoms with E-state index in [0.717, 1.165) is 29.6 Å². The van der Waals surface area contributed by atoms with Crippen LogP contribution < -0.4 is 4.74 Å². The molecule has 1 saturated heterocycles. The topological polar surface area (TPSA) is 38.8 Å². The number of hydrogen-bond acceptors (Lipinski definition) is 4. The average Bonchev–Trinajstić information content (AvgIpc) is 2.98. The summed E-state index contributed by atoms with van der Waals surface area (Å²) in [6.45, 7) is 1.18. The molecule has 0 radical (unpaired) electrons. The Morgan fingerprint density at radius 2 is 2.04 bits per heavy atom. The maximum absolute atomic E-state index is 11.4. The summed E-state index contributed by atoms with van der Waals surface area (Å²) in [5.74, 6) is 0.836. The predicted molar refractivity (Wildman–Crippen MR) is 93.3 cm³/mol. The van der Waals surface area contributed by atoms with Crippen LogP contribution in [-0.2, 0) is 22.5 Å². The van der Waals surface area contributed by atoms with E-state index in [1.165, 1.54) is 0 Å². The first-order chi connectivity index (χ1) is 11.7. The summed E-state index contributed by atoms with van der Waals surface area (Å²) in [6.07, 6.45) is 1.16. The van der Waals surface area contributed by atoms with E-state index in [1.54, 1.807) is 7.11 Å². The fourth-order valence-electron chi connectivity index (χ4n) is 2.99. The normalized spacial score (nSPS) is 20.9. The standard InChI is InChI=1S/C19H20ClNO3/c1-23-18-4-2-3-15(10-18)9-17-13-24-19(12-22)21(17)11-14-5-7-16(20)8-6-14/h2-8,10,12,17,19H,9,11,13H2,1H3/t17-,19?/m0/s1. The van der Waals surface area contributed by atoms with Crippen LogP contribution in [0.5, 0.6) is 5.75 Å². The van der Waals surface area contributed by atoms with Crippen molar-refractivity contribution in [1.82, 2.24) is 4.90 Å². The van der Waals surface area contributed by atoms with Crippen molar-refractivity contribution in [3.63, 3.8) is 0 Å². The molecule has 1 fully saturated rings. The first kappa shape index (κ1) is 17.0. The van der Waals surface area contributed by atoms with Gasteiger partial charge in [0.15, 0.2) is 12.5 Å². The largest absolute Gasteiger partial charge is 0.497 e. The Hall–Kier alpha value is -1.88. The lowest BCUT2D eigenvalue weighted by atomic mass is 10.0.